The van der Waals surface area contributed by atoms with E-state index in [1.807, 2.05) is 0 Å². The first kappa shape index (κ1) is 15.1. The minimum Gasteiger partial charge on any atom is -0.480 e. The molecule has 1 aromatic rings. The number of H-pyrrole nitrogens is 1. The van der Waals surface area contributed by atoms with Crippen LogP contribution in [0.5, 0.6) is 0 Å². The number of carbonyl (C=O) groups is 2. The van der Waals surface area contributed by atoms with E-state index in [2.05, 4.69) is 15.3 Å². The highest BCUT2D eigenvalue weighted by Crippen LogP contribution is 2.03. The van der Waals surface area contributed by atoms with Crippen LogP contribution in [0.2, 0.25) is 0 Å². The second-order valence-corrected chi connectivity index (χ2v) is 4.21. The van der Waals surface area contributed by atoms with E-state index in [-0.39, 0.29) is 12.5 Å². The zero-order chi connectivity index (χ0) is 14.3. The van der Waals surface area contributed by atoms with Crippen molar-refractivity contribution < 1.29 is 19.8 Å². The first-order valence-electron chi connectivity index (χ1n) is 5.92. The van der Waals surface area contributed by atoms with Crippen molar-refractivity contribution in [1.29, 1.82) is 0 Å². The van der Waals surface area contributed by atoms with Gasteiger partial charge >= 0.3 is 11.9 Å². The Kier molecular flexibility index (Phi) is 5.97. The van der Waals surface area contributed by atoms with Gasteiger partial charge in [-0.25, -0.2) is 4.98 Å². The Morgan fingerprint density at radius 2 is 2.26 bits per heavy atom. The maximum atomic E-state index is 10.3. The van der Waals surface area contributed by atoms with E-state index in [0.717, 1.165) is 25.1 Å². The number of carboxylic acids is 2. The molecule has 2 atom stereocenters. The lowest BCUT2D eigenvalue weighted by Gasteiger charge is -2.02. The second kappa shape index (κ2) is 7.49. The lowest BCUT2D eigenvalue weighted by molar-refractivity contribution is -0.139. The molecule has 1 aromatic heterocycles. The van der Waals surface area contributed by atoms with Gasteiger partial charge in [0.2, 0.25) is 0 Å². The first-order valence-corrected chi connectivity index (χ1v) is 5.92. The van der Waals surface area contributed by atoms with E-state index >= 15 is 0 Å². The van der Waals surface area contributed by atoms with E-state index in [1.165, 1.54) is 6.33 Å². The van der Waals surface area contributed by atoms with Gasteiger partial charge in [-0.3, -0.25) is 9.59 Å². The topological polar surface area (TPSA) is 141 Å². The highest BCUT2D eigenvalue weighted by atomic mass is 16.4. The number of carboxylic acid groups (broad SMARTS) is 2. The molecule has 0 amide bonds. The summed E-state index contributed by atoms with van der Waals surface area (Å²) in [6.45, 7) is 0.858. The van der Waals surface area contributed by atoms with Gasteiger partial charge in [0.1, 0.15) is 12.1 Å². The fourth-order valence-electron chi connectivity index (χ4n) is 1.62. The van der Waals surface area contributed by atoms with Crippen molar-refractivity contribution in [2.24, 2.45) is 5.73 Å². The normalized spacial score (nSPS) is 19.3. The number of nitrogens with two attached hydrogens (primary N) is 1. The van der Waals surface area contributed by atoms with Crippen molar-refractivity contribution in [3.8, 4) is 0 Å². The quantitative estimate of drug-likeness (QED) is 0.481. The van der Waals surface area contributed by atoms with E-state index < -0.39 is 18.0 Å². The minimum atomic E-state index is -1.00. The number of aliphatic carboxylic acids is 2. The van der Waals surface area contributed by atoms with Crippen molar-refractivity contribution >= 4 is 11.9 Å². The van der Waals surface area contributed by atoms with Crippen molar-refractivity contribution in [3.05, 3.63) is 18.2 Å². The molecule has 2 heterocycles. The third-order valence-electron chi connectivity index (χ3n) is 2.67. The maximum absolute atomic E-state index is 10.3. The Morgan fingerprint density at radius 1 is 1.53 bits per heavy atom. The van der Waals surface area contributed by atoms with Crippen LogP contribution in [0.15, 0.2) is 12.5 Å². The van der Waals surface area contributed by atoms with Gasteiger partial charge in [0.15, 0.2) is 0 Å². The molecule has 106 valence electrons. The number of imidazole rings is 1. The number of hydrogen-bond acceptors (Lipinski definition) is 5. The SMILES string of the molecule is NC(Cc1cnc[nH]1)C(=O)O.O=C(O)C1CCCN1. The third kappa shape index (κ3) is 5.49. The lowest BCUT2D eigenvalue weighted by Crippen LogP contribution is -2.32. The lowest BCUT2D eigenvalue weighted by atomic mass is 10.2. The first-order chi connectivity index (χ1) is 9.00. The van der Waals surface area contributed by atoms with Crippen molar-refractivity contribution in [2.45, 2.75) is 31.3 Å². The maximum Gasteiger partial charge on any atom is 0.320 e. The summed E-state index contributed by atoms with van der Waals surface area (Å²) in [6.07, 6.45) is 5.12. The molecule has 1 fully saturated rings. The molecular weight excluding hydrogens is 252 g/mol. The summed E-state index contributed by atoms with van der Waals surface area (Å²) in [5, 5.41) is 19.6. The molecule has 0 aliphatic carbocycles. The Labute approximate surface area is 110 Å². The second-order valence-electron chi connectivity index (χ2n) is 4.21. The molecule has 0 radical (unpaired) electrons. The summed E-state index contributed by atoms with van der Waals surface area (Å²) >= 11 is 0. The third-order valence-corrected chi connectivity index (χ3v) is 2.67. The van der Waals surface area contributed by atoms with Gasteiger partial charge in [0.25, 0.3) is 0 Å². The summed E-state index contributed by atoms with van der Waals surface area (Å²) in [5.74, 6) is -1.72. The molecule has 19 heavy (non-hydrogen) atoms. The molecule has 0 aromatic carbocycles. The summed E-state index contributed by atoms with van der Waals surface area (Å²) < 4.78 is 0. The van der Waals surface area contributed by atoms with E-state index in [9.17, 15) is 9.59 Å². The van der Waals surface area contributed by atoms with Crippen LogP contribution in [0.4, 0.5) is 0 Å². The zero-order valence-corrected chi connectivity index (χ0v) is 10.4. The van der Waals surface area contributed by atoms with Gasteiger partial charge in [-0.15, -0.1) is 0 Å². The number of rotatable bonds is 4. The largest absolute Gasteiger partial charge is 0.480 e. The number of nitrogens with zero attached hydrogens (tertiary/aromatic N) is 1. The van der Waals surface area contributed by atoms with Crippen LogP contribution in [0.25, 0.3) is 0 Å². The molecule has 1 saturated heterocycles. The summed E-state index contributed by atoms with van der Waals surface area (Å²) in [4.78, 5) is 26.9. The molecular formula is C11H18N4O4. The van der Waals surface area contributed by atoms with Gasteiger partial charge < -0.3 is 26.2 Å². The Balaban J connectivity index is 0.000000200. The Hall–Kier alpha value is -1.93. The van der Waals surface area contributed by atoms with E-state index in [1.54, 1.807) is 6.20 Å². The van der Waals surface area contributed by atoms with E-state index in [4.69, 9.17) is 15.9 Å². The number of aromatic amines is 1. The average Bonchev–Trinajstić information content (AvgIpc) is 3.02. The standard InChI is InChI=1S/C6H9N3O2.C5H9NO2/c7-5(6(10)11)1-4-2-8-3-9-4;7-5(8)4-2-1-3-6-4/h2-3,5H,1,7H2,(H,8,9)(H,10,11);4,6H,1-3H2,(H,7,8). The van der Waals surface area contributed by atoms with Crippen LogP contribution in [-0.2, 0) is 16.0 Å². The van der Waals surface area contributed by atoms with Gasteiger partial charge in [-0.1, -0.05) is 0 Å². The minimum absolute atomic E-state index is 0.269. The summed E-state index contributed by atoms with van der Waals surface area (Å²) in [7, 11) is 0. The van der Waals surface area contributed by atoms with Gasteiger partial charge in [-0.05, 0) is 19.4 Å². The highest BCUT2D eigenvalue weighted by molar-refractivity contribution is 5.73. The molecule has 0 saturated carbocycles. The van der Waals surface area contributed by atoms with Crippen LogP contribution >= 0.6 is 0 Å². The molecule has 2 unspecified atom stereocenters. The van der Waals surface area contributed by atoms with Crippen molar-refractivity contribution in [2.75, 3.05) is 6.54 Å². The summed E-state index contributed by atoms with van der Waals surface area (Å²) in [6, 6.07) is -1.12. The van der Waals surface area contributed by atoms with Crippen LogP contribution in [0.3, 0.4) is 0 Å². The predicted molar refractivity (Wildman–Crippen MR) is 66.6 cm³/mol. The molecule has 8 nitrogen and oxygen atoms in total. The Morgan fingerprint density at radius 3 is 2.63 bits per heavy atom. The smallest absolute Gasteiger partial charge is 0.320 e. The molecule has 6 N–H and O–H groups in total. The predicted octanol–water partition coefficient (Wildman–Crippen LogP) is -0.813. The van der Waals surface area contributed by atoms with Crippen LogP contribution in [0.1, 0.15) is 18.5 Å². The molecule has 0 spiro atoms. The van der Waals surface area contributed by atoms with Gasteiger partial charge in [0.05, 0.1) is 6.33 Å². The number of nitrogens with one attached hydrogen (secondary N) is 2. The van der Waals surface area contributed by atoms with Gasteiger partial charge in [-0.2, -0.15) is 0 Å². The fraction of sp³-hybridized carbons (Fsp3) is 0.545. The van der Waals surface area contributed by atoms with Gasteiger partial charge in [0, 0.05) is 18.3 Å². The van der Waals surface area contributed by atoms with Crippen molar-refractivity contribution in [3.63, 3.8) is 0 Å². The Bertz CT molecular complexity index is 401. The molecule has 0 bridgehead atoms. The molecule has 8 heteroatoms. The fourth-order valence-corrected chi connectivity index (χ4v) is 1.62. The molecule has 1 aliphatic rings. The molecule has 2 rings (SSSR count). The monoisotopic (exact) mass is 270 g/mol. The van der Waals surface area contributed by atoms with Crippen LogP contribution in [-0.4, -0.2) is 50.7 Å². The van der Waals surface area contributed by atoms with Crippen LogP contribution in [0, 0.1) is 0 Å². The molecule has 1 aliphatic heterocycles. The van der Waals surface area contributed by atoms with E-state index in [0.29, 0.717) is 0 Å². The van der Waals surface area contributed by atoms with Crippen LogP contribution < -0.4 is 11.1 Å². The number of hydrogen-bond donors (Lipinski definition) is 5. The van der Waals surface area contributed by atoms with Crippen molar-refractivity contribution in [1.82, 2.24) is 15.3 Å². The zero-order valence-electron chi connectivity index (χ0n) is 10.4. The average molecular weight is 270 g/mol. The summed E-state index contributed by atoms with van der Waals surface area (Å²) in [5.41, 5.74) is 6.00. The number of aromatic nitrogens is 2. The highest BCUT2D eigenvalue weighted by Gasteiger charge is 2.20.